The molecule has 0 saturated heterocycles. The van der Waals surface area contributed by atoms with Crippen molar-refractivity contribution < 1.29 is 14.4 Å². The van der Waals surface area contributed by atoms with E-state index in [9.17, 15) is 14.4 Å². The van der Waals surface area contributed by atoms with E-state index >= 15 is 0 Å². The van der Waals surface area contributed by atoms with E-state index in [1.807, 2.05) is 12.1 Å². The summed E-state index contributed by atoms with van der Waals surface area (Å²) in [6, 6.07) is 12.2. The van der Waals surface area contributed by atoms with Crippen LogP contribution >= 0.6 is 0 Å². The van der Waals surface area contributed by atoms with Crippen molar-refractivity contribution in [2.75, 3.05) is 0 Å². The fourth-order valence-electron chi connectivity index (χ4n) is 2.11. The van der Waals surface area contributed by atoms with Crippen molar-refractivity contribution in [1.82, 2.24) is 0 Å². The fraction of sp³-hybridized carbons (Fsp3) is 0.118. The van der Waals surface area contributed by atoms with Gasteiger partial charge in [-0.25, -0.2) is 14.4 Å². The summed E-state index contributed by atoms with van der Waals surface area (Å²) in [4.78, 5) is 41.6. The van der Waals surface area contributed by atoms with Gasteiger partial charge in [-0.2, -0.15) is 15.0 Å². The summed E-state index contributed by atoms with van der Waals surface area (Å²) < 4.78 is 0. The minimum Gasteiger partial charge on any atom is -0.211 e. The summed E-state index contributed by atoms with van der Waals surface area (Å²) in [5.74, 6) is 0. The lowest BCUT2D eigenvalue weighted by atomic mass is 10.0. The van der Waals surface area contributed by atoms with E-state index in [-0.39, 0.29) is 0 Å². The second-order valence-corrected chi connectivity index (χ2v) is 4.63. The normalized spacial score (nSPS) is 9.22. The van der Waals surface area contributed by atoms with E-state index in [1.54, 1.807) is 24.3 Å². The van der Waals surface area contributed by atoms with Crippen LogP contribution in [0, 0.1) is 0 Å². The van der Waals surface area contributed by atoms with Crippen molar-refractivity contribution in [3.63, 3.8) is 0 Å². The lowest BCUT2D eigenvalue weighted by molar-refractivity contribution is 0.564. The molecular formula is C17H11N3O3. The summed E-state index contributed by atoms with van der Waals surface area (Å²) in [7, 11) is 0. The minimum absolute atomic E-state index is 0.391. The molecule has 0 bridgehead atoms. The molecule has 6 heteroatoms. The predicted octanol–water partition coefficient (Wildman–Crippen LogP) is 3.37. The number of aryl methyl sites for hydroxylation is 2. The molecule has 0 saturated carbocycles. The van der Waals surface area contributed by atoms with Crippen LogP contribution in [-0.2, 0) is 27.2 Å². The number of rotatable bonds is 6. The van der Waals surface area contributed by atoms with E-state index in [0.717, 1.165) is 17.5 Å². The molecule has 0 aromatic heterocycles. The van der Waals surface area contributed by atoms with E-state index < -0.39 is 0 Å². The number of aliphatic imine (C=N–C) groups is 3. The van der Waals surface area contributed by atoms with Gasteiger partial charge < -0.3 is 0 Å². The van der Waals surface area contributed by atoms with Gasteiger partial charge in [0.1, 0.15) is 0 Å². The van der Waals surface area contributed by atoms with Gasteiger partial charge in [-0.05, 0) is 54.3 Å². The zero-order valence-corrected chi connectivity index (χ0v) is 12.0. The number of benzene rings is 2. The van der Waals surface area contributed by atoms with Crippen LogP contribution in [0.2, 0.25) is 0 Å². The summed E-state index contributed by atoms with van der Waals surface area (Å²) in [6.45, 7) is 0. The van der Waals surface area contributed by atoms with Crippen LogP contribution in [0.15, 0.2) is 57.4 Å². The number of isocyanates is 3. The van der Waals surface area contributed by atoms with Crippen LogP contribution in [-0.4, -0.2) is 18.2 Å². The van der Waals surface area contributed by atoms with Crippen LogP contribution < -0.4 is 0 Å². The van der Waals surface area contributed by atoms with Gasteiger partial charge in [-0.3, -0.25) is 0 Å². The minimum atomic E-state index is 0.391. The highest BCUT2D eigenvalue weighted by Gasteiger charge is 2.02. The average molecular weight is 305 g/mol. The van der Waals surface area contributed by atoms with Crippen molar-refractivity contribution in [3.8, 4) is 0 Å². The first-order valence-electron chi connectivity index (χ1n) is 6.71. The second kappa shape index (κ2) is 8.13. The molecule has 6 nitrogen and oxygen atoms in total. The van der Waals surface area contributed by atoms with Gasteiger partial charge in [0.25, 0.3) is 0 Å². The predicted molar refractivity (Wildman–Crippen MR) is 83.6 cm³/mol. The average Bonchev–Trinajstić information content (AvgIpc) is 2.55. The third-order valence-corrected chi connectivity index (χ3v) is 3.13. The van der Waals surface area contributed by atoms with E-state index in [1.165, 1.54) is 24.3 Å². The van der Waals surface area contributed by atoms with Gasteiger partial charge in [0.2, 0.25) is 18.2 Å². The van der Waals surface area contributed by atoms with Crippen molar-refractivity contribution in [3.05, 3.63) is 53.6 Å². The van der Waals surface area contributed by atoms with Gasteiger partial charge in [0.15, 0.2) is 0 Å². The van der Waals surface area contributed by atoms with Gasteiger partial charge >= 0.3 is 0 Å². The highest BCUT2D eigenvalue weighted by Crippen LogP contribution is 2.24. The molecule has 0 unspecified atom stereocenters. The number of hydrogen-bond acceptors (Lipinski definition) is 6. The quantitative estimate of drug-likeness (QED) is 0.605. The SMILES string of the molecule is O=C=Nc1ccc(CCc2cc(N=C=O)cc(N=C=O)c2)cc1. The molecule has 2 aromatic rings. The van der Waals surface area contributed by atoms with Gasteiger partial charge in [-0.15, -0.1) is 0 Å². The van der Waals surface area contributed by atoms with Crippen molar-refractivity contribution in [2.24, 2.45) is 15.0 Å². The molecule has 0 aliphatic carbocycles. The van der Waals surface area contributed by atoms with Crippen LogP contribution in [0.3, 0.4) is 0 Å². The molecule has 0 radical (unpaired) electrons. The molecule has 0 aliphatic rings. The molecule has 0 aliphatic heterocycles. The molecule has 112 valence electrons. The zero-order chi connectivity index (χ0) is 16.5. The Kier molecular flexibility index (Phi) is 5.64. The van der Waals surface area contributed by atoms with Gasteiger partial charge in [0, 0.05) is 0 Å². The first-order chi connectivity index (χ1) is 11.2. The topological polar surface area (TPSA) is 88.3 Å². The molecule has 2 aromatic carbocycles. The largest absolute Gasteiger partial charge is 0.240 e. The first-order valence-corrected chi connectivity index (χ1v) is 6.71. The Bertz CT molecular complexity index is 804. The zero-order valence-electron chi connectivity index (χ0n) is 12.0. The lowest BCUT2D eigenvalue weighted by Crippen LogP contribution is -1.91. The van der Waals surface area contributed by atoms with Crippen molar-refractivity contribution in [1.29, 1.82) is 0 Å². The summed E-state index contributed by atoms with van der Waals surface area (Å²) in [6.07, 6.45) is 5.81. The van der Waals surface area contributed by atoms with E-state index in [4.69, 9.17) is 0 Å². The molecule has 0 amide bonds. The van der Waals surface area contributed by atoms with Gasteiger partial charge in [-0.1, -0.05) is 12.1 Å². The lowest BCUT2D eigenvalue weighted by Gasteiger charge is -2.04. The van der Waals surface area contributed by atoms with Crippen LogP contribution in [0.25, 0.3) is 0 Å². The Hall–Kier alpha value is -3.42. The standard InChI is InChI=1S/C17H11N3O3/c21-10-18-15-5-3-13(4-6-15)1-2-14-7-16(19-11-22)9-17(8-14)20-12-23/h3-9H,1-2H2. The Balaban J connectivity index is 2.17. The van der Waals surface area contributed by atoms with Gasteiger partial charge in [0.05, 0.1) is 17.1 Å². The monoisotopic (exact) mass is 305 g/mol. The maximum absolute atomic E-state index is 10.4. The number of hydrogen-bond donors (Lipinski definition) is 0. The fourth-order valence-corrected chi connectivity index (χ4v) is 2.11. The Morgan fingerprint density at radius 1 is 0.609 bits per heavy atom. The molecule has 0 spiro atoms. The van der Waals surface area contributed by atoms with Crippen molar-refractivity contribution in [2.45, 2.75) is 12.8 Å². The maximum atomic E-state index is 10.4. The molecule has 0 heterocycles. The van der Waals surface area contributed by atoms with Crippen molar-refractivity contribution >= 4 is 35.3 Å². The maximum Gasteiger partial charge on any atom is 0.240 e. The summed E-state index contributed by atoms with van der Waals surface area (Å²) >= 11 is 0. The third kappa shape index (κ3) is 4.81. The summed E-state index contributed by atoms with van der Waals surface area (Å²) in [5, 5.41) is 0. The van der Waals surface area contributed by atoms with E-state index in [2.05, 4.69) is 15.0 Å². The number of carbonyl (C=O) groups excluding carboxylic acids is 3. The van der Waals surface area contributed by atoms with Crippen LogP contribution in [0.1, 0.15) is 11.1 Å². The molecular weight excluding hydrogens is 294 g/mol. The van der Waals surface area contributed by atoms with Crippen LogP contribution in [0.4, 0.5) is 17.1 Å². The molecule has 23 heavy (non-hydrogen) atoms. The molecule has 0 fully saturated rings. The third-order valence-electron chi connectivity index (χ3n) is 3.13. The highest BCUT2D eigenvalue weighted by atomic mass is 16.1. The Morgan fingerprint density at radius 3 is 1.61 bits per heavy atom. The molecule has 2 rings (SSSR count). The Labute approximate surface area is 131 Å². The molecule has 0 atom stereocenters. The number of nitrogens with zero attached hydrogens (tertiary/aromatic N) is 3. The van der Waals surface area contributed by atoms with Crippen LogP contribution in [0.5, 0.6) is 0 Å². The highest BCUT2D eigenvalue weighted by molar-refractivity contribution is 5.60. The first kappa shape index (κ1) is 16.0. The van der Waals surface area contributed by atoms with E-state index in [0.29, 0.717) is 23.5 Å². The summed E-state index contributed by atoms with van der Waals surface area (Å²) in [5.41, 5.74) is 3.27. The second-order valence-electron chi connectivity index (χ2n) is 4.63. The smallest absolute Gasteiger partial charge is 0.211 e. The Morgan fingerprint density at radius 2 is 1.09 bits per heavy atom. The molecule has 0 N–H and O–H groups in total.